The van der Waals surface area contributed by atoms with Crippen LogP contribution in [-0.4, -0.2) is 32.6 Å². The van der Waals surface area contributed by atoms with Gasteiger partial charge in [-0.05, 0) is 12.1 Å². The van der Waals surface area contributed by atoms with Gasteiger partial charge in [0.05, 0.1) is 18.8 Å². The molecule has 0 aliphatic carbocycles. The van der Waals surface area contributed by atoms with E-state index >= 15 is 0 Å². The summed E-state index contributed by atoms with van der Waals surface area (Å²) >= 11 is 1.85. The van der Waals surface area contributed by atoms with Crippen LogP contribution in [0.3, 0.4) is 0 Å². The molecule has 1 fully saturated rings. The van der Waals surface area contributed by atoms with Crippen LogP contribution < -0.4 is 11.0 Å². The molecule has 0 aromatic carbocycles. The van der Waals surface area contributed by atoms with Crippen LogP contribution in [0.4, 0.5) is 0 Å². The van der Waals surface area contributed by atoms with Crippen molar-refractivity contribution in [3.05, 3.63) is 46.8 Å². The molecule has 19 heavy (non-hydrogen) atoms. The third-order valence-electron chi connectivity index (χ3n) is 2.92. The summed E-state index contributed by atoms with van der Waals surface area (Å²) in [6.07, 6.45) is 3.12. The fourth-order valence-corrected chi connectivity index (χ4v) is 2.88. The summed E-state index contributed by atoms with van der Waals surface area (Å²) < 4.78 is 6.65. The van der Waals surface area contributed by atoms with E-state index in [1.807, 2.05) is 17.8 Å². The second kappa shape index (κ2) is 5.58. The monoisotopic (exact) mass is 278 g/mol. The Bertz CT molecular complexity index is 590. The van der Waals surface area contributed by atoms with E-state index in [2.05, 4.69) is 15.3 Å². The third kappa shape index (κ3) is 2.87. The lowest BCUT2D eigenvalue weighted by molar-refractivity contribution is 0.479. The van der Waals surface area contributed by atoms with Crippen molar-refractivity contribution in [1.29, 1.82) is 0 Å². The highest BCUT2D eigenvalue weighted by atomic mass is 32.2. The standard InChI is InChI=1S/C12H14N4O2S/c17-12-15-11(10-7-19-5-3-13-10)14-8-16(12)6-9-2-1-4-18-9/h1-2,4,8,10,13H,3,5-7H2. The molecular weight excluding hydrogens is 264 g/mol. The topological polar surface area (TPSA) is 73.0 Å². The number of hydrogen-bond acceptors (Lipinski definition) is 6. The summed E-state index contributed by atoms with van der Waals surface area (Å²) in [4.78, 5) is 20.3. The maximum absolute atomic E-state index is 11.9. The lowest BCUT2D eigenvalue weighted by Gasteiger charge is -2.21. The van der Waals surface area contributed by atoms with Gasteiger partial charge in [0.15, 0.2) is 5.82 Å². The molecule has 0 spiro atoms. The van der Waals surface area contributed by atoms with Crippen LogP contribution in [-0.2, 0) is 6.54 Å². The van der Waals surface area contributed by atoms with E-state index in [9.17, 15) is 4.79 Å². The summed E-state index contributed by atoms with van der Waals surface area (Å²) in [5.41, 5.74) is -0.293. The Morgan fingerprint density at radius 2 is 2.53 bits per heavy atom. The molecule has 2 aromatic rings. The minimum absolute atomic E-state index is 0.0738. The molecule has 1 atom stereocenters. The molecule has 1 aliphatic heterocycles. The van der Waals surface area contributed by atoms with Crippen molar-refractivity contribution >= 4 is 11.8 Å². The maximum atomic E-state index is 11.9. The predicted octanol–water partition coefficient (Wildman–Crippen LogP) is 0.657. The van der Waals surface area contributed by atoms with Crippen LogP contribution in [0.25, 0.3) is 0 Å². The molecule has 0 bridgehead atoms. The van der Waals surface area contributed by atoms with Crippen molar-refractivity contribution in [2.45, 2.75) is 12.6 Å². The van der Waals surface area contributed by atoms with Gasteiger partial charge in [0, 0.05) is 18.1 Å². The number of hydrogen-bond donors (Lipinski definition) is 1. The number of rotatable bonds is 3. The Labute approximate surface area is 114 Å². The summed E-state index contributed by atoms with van der Waals surface area (Å²) in [5.74, 6) is 3.28. The molecule has 0 saturated carbocycles. The van der Waals surface area contributed by atoms with Gasteiger partial charge in [-0.3, -0.25) is 4.57 Å². The summed E-state index contributed by atoms with van der Waals surface area (Å²) in [7, 11) is 0. The van der Waals surface area contributed by atoms with Gasteiger partial charge in [-0.25, -0.2) is 9.78 Å². The van der Waals surface area contributed by atoms with Crippen molar-refractivity contribution in [3.63, 3.8) is 0 Å². The summed E-state index contributed by atoms with van der Waals surface area (Å²) in [5, 5.41) is 3.32. The first-order chi connectivity index (χ1) is 9.33. The maximum Gasteiger partial charge on any atom is 0.350 e. The Kier molecular flexibility index (Phi) is 3.65. The summed E-state index contributed by atoms with van der Waals surface area (Å²) in [6, 6.07) is 3.68. The van der Waals surface area contributed by atoms with Gasteiger partial charge in [0.2, 0.25) is 0 Å². The van der Waals surface area contributed by atoms with Gasteiger partial charge in [0.1, 0.15) is 12.1 Å². The molecule has 2 aromatic heterocycles. The number of aromatic nitrogens is 3. The van der Waals surface area contributed by atoms with E-state index in [1.54, 1.807) is 12.3 Å². The SMILES string of the molecule is O=c1nc(C2CSCCN2)ncn1Cc1ccco1. The number of nitrogens with zero attached hydrogens (tertiary/aromatic N) is 3. The van der Waals surface area contributed by atoms with E-state index in [4.69, 9.17) is 4.42 Å². The zero-order chi connectivity index (χ0) is 13.1. The normalized spacial score (nSPS) is 19.5. The number of nitrogens with one attached hydrogen (secondary N) is 1. The van der Waals surface area contributed by atoms with E-state index in [1.165, 1.54) is 10.9 Å². The third-order valence-corrected chi connectivity index (χ3v) is 3.99. The highest BCUT2D eigenvalue weighted by Crippen LogP contribution is 2.17. The summed E-state index contributed by atoms with van der Waals surface area (Å²) in [6.45, 7) is 1.28. The molecule has 0 radical (unpaired) electrons. The molecule has 1 N–H and O–H groups in total. The average Bonchev–Trinajstić information content (AvgIpc) is 2.95. The van der Waals surface area contributed by atoms with Gasteiger partial charge >= 0.3 is 5.69 Å². The second-order valence-corrected chi connectivity index (χ2v) is 5.44. The van der Waals surface area contributed by atoms with Gasteiger partial charge < -0.3 is 9.73 Å². The molecule has 1 unspecified atom stereocenters. The van der Waals surface area contributed by atoms with Crippen molar-refractivity contribution < 1.29 is 4.42 Å². The molecule has 0 amide bonds. The smallest absolute Gasteiger partial charge is 0.350 e. The van der Waals surface area contributed by atoms with Crippen molar-refractivity contribution in [2.24, 2.45) is 0 Å². The molecule has 1 aliphatic rings. The Morgan fingerprint density at radius 1 is 1.58 bits per heavy atom. The van der Waals surface area contributed by atoms with Crippen LogP contribution in [0, 0.1) is 0 Å². The predicted molar refractivity (Wildman–Crippen MR) is 72.2 cm³/mol. The fourth-order valence-electron chi connectivity index (χ4n) is 1.95. The van der Waals surface area contributed by atoms with E-state index in [0.29, 0.717) is 18.1 Å². The first-order valence-electron chi connectivity index (χ1n) is 6.10. The minimum Gasteiger partial charge on any atom is -0.467 e. The largest absolute Gasteiger partial charge is 0.467 e. The van der Waals surface area contributed by atoms with Gasteiger partial charge in [-0.15, -0.1) is 0 Å². The lowest BCUT2D eigenvalue weighted by atomic mass is 10.3. The zero-order valence-corrected chi connectivity index (χ0v) is 11.1. The molecule has 1 saturated heterocycles. The van der Waals surface area contributed by atoms with Crippen LogP contribution in [0.15, 0.2) is 33.9 Å². The van der Waals surface area contributed by atoms with Crippen molar-refractivity contribution in [3.8, 4) is 0 Å². The second-order valence-electron chi connectivity index (χ2n) is 4.29. The average molecular weight is 278 g/mol. The van der Waals surface area contributed by atoms with Gasteiger partial charge in [-0.1, -0.05) is 0 Å². The van der Waals surface area contributed by atoms with Crippen molar-refractivity contribution in [1.82, 2.24) is 19.9 Å². The first-order valence-corrected chi connectivity index (χ1v) is 7.25. The Morgan fingerprint density at radius 3 is 3.21 bits per heavy atom. The number of furan rings is 1. The van der Waals surface area contributed by atoms with Crippen molar-refractivity contribution in [2.75, 3.05) is 18.1 Å². The highest BCUT2D eigenvalue weighted by Gasteiger charge is 2.18. The van der Waals surface area contributed by atoms with E-state index in [0.717, 1.165) is 18.1 Å². The molecule has 6 nitrogen and oxygen atoms in total. The highest BCUT2D eigenvalue weighted by molar-refractivity contribution is 7.99. The molecule has 100 valence electrons. The molecule has 3 heterocycles. The zero-order valence-electron chi connectivity index (χ0n) is 10.3. The van der Waals surface area contributed by atoms with Gasteiger partial charge in [0.25, 0.3) is 0 Å². The fraction of sp³-hybridized carbons (Fsp3) is 0.417. The van der Waals surface area contributed by atoms with Crippen LogP contribution in [0.5, 0.6) is 0 Å². The Hall–Kier alpha value is -1.60. The molecule has 7 heteroatoms. The minimum atomic E-state index is -0.293. The molecule has 3 rings (SSSR count). The molecular formula is C12H14N4O2S. The Balaban J connectivity index is 1.79. The van der Waals surface area contributed by atoms with Crippen LogP contribution in [0.1, 0.15) is 17.6 Å². The van der Waals surface area contributed by atoms with E-state index in [-0.39, 0.29) is 11.7 Å². The first kappa shape index (κ1) is 12.4. The van der Waals surface area contributed by atoms with Gasteiger partial charge in [-0.2, -0.15) is 16.7 Å². The number of thioether (sulfide) groups is 1. The lowest BCUT2D eigenvalue weighted by Crippen LogP contribution is -2.34. The van der Waals surface area contributed by atoms with Crippen LogP contribution in [0.2, 0.25) is 0 Å². The quantitative estimate of drug-likeness (QED) is 0.889. The van der Waals surface area contributed by atoms with E-state index < -0.39 is 0 Å². The van der Waals surface area contributed by atoms with Crippen LogP contribution >= 0.6 is 11.8 Å².